The van der Waals surface area contributed by atoms with E-state index < -0.39 is 0 Å². The van der Waals surface area contributed by atoms with Crippen LogP contribution in [0.3, 0.4) is 0 Å². The van der Waals surface area contributed by atoms with Crippen molar-refractivity contribution in [3.05, 3.63) is 18.3 Å². The molecule has 1 aromatic heterocycles. The number of nitrogens with one attached hydrogen (secondary N) is 1. The third kappa shape index (κ3) is 2.35. The second-order valence-corrected chi connectivity index (χ2v) is 3.50. The molecule has 4 heteroatoms. The molecule has 2 heterocycles. The Hall–Kier alpha value is -1.29. The maximum Gasteiger partial charge on any atom is 0.126 e. The number of ether oxygens (including phenoxy) is 1. The summed E-state index contributed by atoms with van der Waals surface area (Å²) in [5.74, 6) is 1.32. The van der Waals surface area contributed by atoms with Gasteiger partial charge in [0.15, 0.2) is 0 Å². The smallest absolute Gasteiger partial charge is 0.126 e. The number of nitrogens with zero attached hydrogens (tertiary/aromatic N) is 1. The molecular formula is C10H15N3O. The summed E-state index contributed by atoms with van der Waals surface area (Å²) in [4.78, 5) is 3.92. The van der Waals surface area contributed by atoms with Gasteiger partial charge in [-0.15, -0.1) is 0 Å². The maximum absolute atomic E-state index is 5.75. The fraction of sp³-hybridized carbons (Fsp3) is 0.500. The van der Waals surface area contributed by atoms with E-state index in [2.05, 4.69) is 10.3 Å². The van der Waals surface area contributed by atoms with Gasteiger partial charge in [0, 0.05) is 18.8 Å². The fourth-order valence-electron chi connectivity index (χ4n) is 1.61. The second-order valence-electron chi connectivity index (χ2n) is 3.50. The van der Waals surface area contributed by atoms with Gasteiger partial charge < -0.3 is 15.8 Å². The van der Waals surface area contributed by atoms with Crippen LogP contribution in [0.4, 0.5) is 5.82 Å². The van der Waals surface area contributed by atoms with Crippen molar-refractivity contribution in [2.45, 2.75) is 18.9 Å². The highest BCUT2D eigenvalue weighted by atomic mass is 16.5. The number of hydrogen-bond donors (Lipinski definition) is 2. The monoisotopic (exact) mass is 193 g/mol. The summed E-state index contributed by atoms with van der Waals surface area (Å²) in [5, 5.41) is 3.30. The van der Waals surface area contributed by atoms with Crippen LogP contribution < -0.4 is 15.8 Å². The molecule has 1 aromatic rings. The summed E-state index contributed by atoms with van der Waals surface area (Å²) in [6.45, 7) is 2.01. The Morgan fingerprint density at radius 2 is 2.50 bits per heavy atom. The number of aromatic nitrogens is 1. The van der Waals surface area contributed by atoms with Gasteiger partial charge in [0.1, 0.15) is 17.7 Å². The minimum Gasteiger partial charge on any atom is -0.489 e. The van der Waals surface area contributed by atoms with Gasteiger partial charge in [0.05, 0.1) is 0 Å². The molecule has 1 aliphatic rings. The van der Waals surface area contributed by atoms with Crippen molar-refractivity contribution in [2.75, 3.05) is 18.8 Å². The van der Waals surface area contributed by atoms with Crippen LogP contribution in [0.25, 0.3) is 0 Å². The SMILES string of the molecule is Nc1cc(OC2CCCNC2)ccn1. The first-order valence-electron chi connectivity index (χ1n) is 4.93. The molecule has 0 radical (unpaired) electrons. The zero-order valence-electron chi connectivity index (χ0n) is 8.07. The molecule has 0 spiro atoms. The highest BCUT2D eigenvalue weighted by Crippen LogP contribution is 2.16. The lowest BCUT2D eigenvalue weighted by Gasteiger charge is -2.23. The number of piperidine rings is 1. The summed E-state index contributed by atoms with van der Waals surface area (Å²) in [6, 6.07) is 3.60. The number of anilines is 1. The van der Waals surface area contributed by atoms with Crippen LogP contribution in [0.1, 0.15) is 12.8 Å². The van der Waals surface area contributed by atoms with Crippen molar-refractivity contribution in [2.24, 2.45) is 0 Å². The van der Waals surface area contributed by atoms with E-state index in [0.717, 1.165) is 25.3 Å². The molecule has 76 valence electrons. The Morgan fingerprint density at radius 1 is 1.57 bits per heavy atom. The number of nitrogen functional groups attached to an aromatic ring is 1. The van der Waals surface area contributed by atoms with Gasteiger partial charge in [0.25, 0.3) is 0 Å². The number of nitrogens with two attached hydrogens (primary N) is 1. The summed E-state index contributed by atoms with van der Waals surface area (Å²) in [5.41, 5.74) is 5.56. The maximum atomic E-state index is 5.75. The molecule has 1 atom stereocenters. The van der Waals surface area contributed by atoms with Crippen LogP contribution in [-0.4, -0.2) is 24.2 Å². The van der Waals surface area contributed by atoms with Crippen LogP contribution in [-0.2, 0) is 0 Å². The lowest BCUT2D eigenvalue weighted by molar-refractivity contribution is 0.167. The minimum atomic E-state index is 0.269. The van der Waals surface area contributed by atoms with Gasteiger partial charge >= 0.3 is 0 Å². The van der Waals surface area contributed by atoms with Crippen LogP contribution in [0.5, 0.6) is 5.75 Å². The largest absolute Gasteiger partial charge is 0.489 e. The van der Waals surface area contributed by atoms with Gasteiger partial charge in [-0.05, 0) is 25.5 Å². The molecule has 1 fully saturated rings. The Kier molecular flexibility index (Phi) is 2.84. The van der Waals surface area contributed by atoms with E-state index in [9.17, 15) is 0 Å². The Morgan fingerprint density at radius 3 is 3.21 bits per heavy atom. The van der Waals surface area contributed by atoms with Crippen molar-refractivity contribution in [3.63, 3.8) is 0 Å². The van der Waals surface area contributed by atoms with E-state index in [0.29, 0.717) is 5.82 Å². The number of hydrogen-bond acceptors (Lipinski definition) is 4. The second kappa shape index (κ2) is 4.28. The molecule has 1 aliphatic heterocycles. The van der Waals surface area contributed by atoms with Gasteiger partial charge in [-0.1, -0.05) is 0 Å². The molecule has 14 heavy (non-hydrogen) atoms. The van der Waals surface area contributed by atoms with E-state index >= 15 is 0 Å². The Balaban J connectivity index is 1.95. The highest BCUT2D eigenvalue weighted by molar-refractivity contribution is 5.35. The molecule has 2 rings (SSSR count). The zero-order chi connectivity index (χ0) is 9.80. The average molecular weight is 193 g/mol. The lowest BCUT2D eigenvalue weighted by atomic mass is 10.1. The fourth-order valence-corrected chi connectivity index (χ4v) is 1.61. The summed E-state index contributed by atoms with van der Waals surface area (Å²) in [7, 11) is 0. The molecule has 0 bridgehead atoms. The summed E-state index contributed by atoms with van der Waals surface area (Å²) < 4.78 is 5.75. The Labute approximate surface area is 83.5 Å². The van der Waals surface area contributed by atoms with E-state index in [1.54, 1.807) is 12.3 Å². The average Bonchev–Trinajstić information content (AvgIpc) is 2.19. The quantitative estimate of drug-likeness (QED) is 0.729. The first-order chi connectivity index (χ1) is 6.84. The van der Waals surface area contributed by atoms with E-state index in [1.807, 2.05) is 6.07 Å². The molecule has 0 saturated carbocycles. The van der Waals surface area contributed by atoms with Crippen LogP contribution in [0.2, 0.25) is 0 Å². The molecule has 0 aromatic carbocycles. The predicted molar refractivity (Wildman–Crippen MR) is 55.2 cm³/mol. The van der Waals surface area contributed by atoms with Crippen molar-refractivity contribution < 1.29 is 4.74 Å². The van der Waals surface area contributed by atoms with Crippen molar-refractivity contribution in [1.82, 2.24) is 10.3 Å². The van der Waals surface area contributed by atoms with Crippen LogP contribution in [0.15, 0.2) is 18.3 Å². The van der Waals surface area contributed by atoms with Crippen molar-refractivity contribution in [1.29, 1.82) is 0 Å². The van der Waals surface area contributed by atoms with Gasteiger partial charge in [-0.25, -0.2) is 4.98 Å². The van der Waals surface area contributed by atoms with Gasteiger partial charge in [-0.3, -0.25) is 0 Å². The van der Waals surface area contributed by atoms with E-state index in [1.165, 1.54) is 6.42 Å². The van der Waals surface area contributed by atoms with Crippen molar-refractivity contribution in [3.8, 4) is 5.75 Å². The topological polar surface area (TPSA) is 60.2 Å². The predicted octanol–water partition coefficient (Wildman–Crippen LogP) is 0.795. The molecule has 0 aliphatic carbocycles. The van der Waals surface area contributed by atoms with Crippen LogP contribution >= 0.6 is 0 Å². The molecule has 1 unspecified atom stereocenters. The summed E-state index contributed by atoms with van der Waals surface area (Å²) >= 11 is 0. The van der Waals surface area contributed by atoms with Gasteiger partial charge in [-0.2, -0.15) is 0 Å². The molecule has 3 N–H and O–H groups in total. The standard InChI is InChI=1S/C10H15N3O/c11-10-6-8(3-5-13-10)14-9-2-1-4-12-7-9/h3,5-6,9,12H,1-2,4,7H2,(H2,11,13). The van der Waals surface area contributed by atoms with Crippen molar-refractivity contribution >= 4 is 5.82 Å². The lowest BCUT2D eigenvalue weighted by Crippen LogP contribution is -2.37. The highest BCUT2D eigenvalue weighted by Gasteiger charge is 2.14. The molecular weight excluding hydrogens is 178 g/mol. The first-order valence-corrected chi connectivity index (χ1v) is 4.93. The van der Waals surface area contributed by atoms with E-state index in [-0.39, 0.29) is 6.10 Å². The summed E-state index contributed by atoms with van der Waals surface area (Å²) in [6.07, 6.45) is 4.21. The molecule has 1 saturated heterocycles. The van der Waals surface area contributed by atoms with E-state index in [4.69, 9.17) is 10.5 Å². The number of rotatable bonds is 2. The molecule has 4 nitrogen and oxygen atoms in total. The number of pyridine rings is 1. The third-order valence-corrected chi connectivity index (χ3v) is 2.31. The molecule has 0 amide bonds. The van der Waals surface area contributed by atoms with Gasteiger partial charge in [0.2, 0.25) is 0 Å². The first kappa shape index (κ1) is 9.27. The minimum absolute atomic E-state index is 0.269. The zero-order valence-corrected chi connectivity index (χ0v) is 8.07. The van der Waals surface area contributed by atoms with Crippen LogP contribution in [0, 0.1) is 0 Å². The Bertz CT molecular complexity index is 297. The third-order valence-electron chi connectivity index (χ3n) is 2.31. The normalized spacial score (nSPS) is 21.9.